The minimum atomic E-state index is -3.40. The van der Waals surface area contributed by atoms with Gasteiger partial charge in [-0.05, 0) is 40.5 Å². The van der Waals surface area contributed by atoms with Crippen molar-refractivity contribution in [3.05, 3.63) is 28.2 Å². The quantitative estimate of drug-likeness (QED) is 0.879. The summed E-state index contributed by atoms with van der Waals surface area (Å²) in [5, 5.41) is 2.59. The van der Waals surface area contributed by atoms with Gasteiger partial charge in [-0.15, -0.1) is 0 Å². The Bertz CT molecular complexity index is 572. The summed E-state index contributed by atoms with van der Waals surface area (Å²) in [5.74, 6) is -0.184. The lowest BCUT2D eigenvalue weighted by Gasteiger charge is -2.23. The third-order valence-electron chi connectivity index (χ3n) is 2.46. The molecule has 0 saturated carbocycles. The molecule has 0 atom stereocenters. The highest BCUT2D eigenvalue weighted by atomic mass is 79.9. The molecule has 0 aromatic heterocycles. The Kier molecular flexibility index (Phi) is 5.37. The van der Waals surface area contributed by atoms with Gasteiger partial charge >= 0.3 is 0 Å². The van der Waals surface area contributed by atoms with E-state index in [9.17, 15) is 13.2 Å². The maximum atomic E-state index is 11.8. The molecular weight excluding hydrogens is 332 g/mol. The zero-order chi connectivity index (χ0) is 14.6. The smallest absolute Gasteiger partial charge is 0.232 e. The Labute approximate surface area is 122 Å². The third-order valence-corrected chi connectivity index (χ3v) is 4.28. The van der Waals surface area contributed by atoms with Crippen LogP contribution >= 0.6 is 15.9 Å². The average Bonchev–Trinajstić information content (AvgIpc) is 2.24. The summed E-state index contributed by atoms with van der Waals surface area (Å²) in [6.45, 7) is 3.78. The van der Waals surface area contributed by atoms with Crippen molar-refractivity contribution in [3.63, 3.8) is 0 Å². The van der Waals surface area contributed by atoms with Crippen LogP contribution in [-0.2, 0) is 14.8 Å². The zero-order valence-corrected chi connectivity index (χ0v) is 13.5. The van der Waals surface area contributed by atoms with E-state index in [0.717, 1.165) is 11.8 Å². The lowest BCUT2D eigenvalue weighted by molar-refractivity contribution is -0.118. The fourth-order valence-electron chi connectivity index (χ4n) is 1.61. The van der Waals surface area contributed by atoms with Crippen molar-refractivity contribution in [1.29, 1.82) is 0 Å². The first-order valence-corrected chi connectivity index (χ1v) is 8.34. The van der Waals surface area contributed by atoms with Gasteiger partial charge in [-0.2, -0.15) is 0 Å². The number of rotatable bonds is 5. The highest BCUT2D eigenvalue weighted by molar-refractivity contribution is 9.10. The van der Waals surface area contributed by atoms with E-state index in [2.05, 4.69) is 21.2 Å². The van der Waals surface area contributed by atoms with Crippen molar-refractivity contribution in [2.24, 2.45) is 0 Å². The Balaban J connectivity index is 3.01. The molecule has 0 aliphatic rings. The number of aryl methyl sites for hydroxylation is 1. The topological polar surface area (TPSA) is 66.5 Å². The highest BCUT2D eigenvalue weighted by Gasteiger charge is 2.19. The minimum absolute atomic E-state index is 0.184. The summed E-state index contributed by atoms with van der Waals surface area (Å²) >= 11 is 3.37. The van der Waals surface area contributed by atoms with Gasteiger partial charge in [-0.1, -0.05) is 6.07 Å². The molecule has 0 fully saturated rings. The van der Waals surface area contributed by atoms with Crippen molar-refractivity contribution >= 4 is 37.5 Å². The maximum absolute atomic E-state index is 11.8. The minimum Gasteiger partial charge on any atom is -0.355 e. The molecular formula is C12H17BrN2O3S. The number of nitrogens with zero attached hydrogens (tertiary/aromatic N) is 1. The molecule has 0 radical (unpaired) electrons. The van der Waals surface area contributed by atoms with Gasteiger partial charge in [0.2, 0.25) is 15.9 Å². The zero-order valence-electron chi connectivity index (χ0n) is 11.1. The van der Waals surface area contributed by atoms with Crippen LogP contribution in [0.3, 0.4) is 0 Å². The highest BCUT2D eigenvalue weighted by Crippen LogP contribution is 2.28. The fraction of sp³-hybridized carbons (Fsp3) is 0.417. The molecule has 0 unspecified atom stereocenters. The first-order chi connectivity index (χ1) is 8.71. The normalized spacial score (nSPS) is 11.2. The van der Waals surface area contributed by atoms with Crippen LogP contribution in [0.2, 0.25) is 0 Å². The molecule has 0 spiro atoms. The third kappa shape index (κ3) is 4.83. The maximum Gasteiger partial charge on any atom is 0.232 e. The summed E-state index contributed by atoms with van der Waals surface area (Å²) < 4.78 is 25.7. The van der Waals surface area contributed by atoms with Crippen LogP contribution in [0.15, 0.2) is 22.7 Å². The molecule has 7 heteroatoms. The predicted molar refractivity (Wildman–Crippen MR) is 79.8 cm³/mol. The van der Waals surface area contributed by atoms with Gasteiger partial charge in [-0.3, -0.25) is 9.10 Å². The van der Waals surface area contributed by atoms with Gasteiger partial charge in [0.1, 0.15) is 0 Å². The summed E-state index contributed by atoms with van der Waals surface area (Å²) in [6.07, 6.45) is 1.15. The van der Waals surface area contributed by atoms with Gasteiger partial charge in [-0.25, -0.2) is 8.42 Å². The average molecular weight is 349 g/mol. The first-order valence-electron chi connectivity index (χ1n) is 5.70. The second-order valence-corrected chi connectivity index (χ2v) is 7.03. The molecule has 0 aliphatic heterocycles. The Hall–Kier alpha value is -1.08. The lowest BCUT2D eigenvalue weighted by Crippen LogP contribution is -2.37. The van der Waals surface area contributed by atoms with E-state index in [1.807, 2.05) is 19.1 Å². The Morgan fingerprint density at radius 1 is 1.42 bits per heavy atom. The van der Waals surface area contributed by atoms with E-state index >= 15 is 0 Å². The van der Waals surface area contributed by atoms with E-state index in [-0.39, 0.29) is 19.0 Å². The summed E-state index contributed by atoms with van der Waals surface area (Å²) in [5.41, 5.74) is 1.60. The molecule has 19 heavy (non-hydrogen) atoms. The Morgan fingerprint density at radius 3 is 2.53 bits per heavy atom. The molecule has 1 amide bonds. The standard InChI is InChI=1S/C12H17BrN2O3S/c1-9-4-5-12(11(13)8-9)15(19(3,17)18)7-6-14-10(2)16/h4-5,8H,6-7H2,1-3H3,(H,14,16). The molecule has 5 nitrogen and oxygen atoms in total. The van der Waals surface area contributed by atoms with Gasteiger partial charge in [0.25, 0.3) is 0 Å². The van der Waals surface area contributed by atoms with Crippen molar-refractivity contribution in [2.45, 2.75) is 13.8 Å². The second-order valence-electron chi connectivity index (χ2n) is 4.27. The number of amides is 1. The van der Waals surface area contributed by atoms with E-state index < -0.39 is 10.0 Å². The van der Waals surface area contributed by atoms with Crippen LogP contribution in [0, 0.1) is 6.92 Å². The van der Waals surface area contributed by atoms with Crippen LogP contribution in [0.1, 0.15) is 12.5 Å². The molecule has 0 saturated heterocycles. The van der Waals surface area contributed by atoms with E-state index in [4.69, 9.17) is 0 Å². The summed E-state index contributed by atoms with van der Waals surface area (Å²) in [6, 6.07) is 5.44. The van der Waals surface area contributed by atoms with Gasteiger partial charge in [0.15, 0.2) is 0 Å². The van der Waals surface area contributed by atoms with Crippen LogP contribution < -0.4 is 9.62 Å². The van der Waals surface area contributed by atoms with Crippen molar-refractivity contribution in [2.75, 3.05) is 23.7 Å². The van der Waals surface area contributed by atoms with Crippen molar-refractivity contribution < 1.29 is 13.2 Å². The fourth-order valence-corrected chi connectivity index (χ4v) is 3.38. The molecule has 106 valence electrons. The largest absolute Gasteiger partial charge is 0.355 e. The molecule has 0 bridgehead atoms. The number of benzene rings is 1. The lowest BCUT2D eigenvalue weighted by atomic mass is 10.2. The van der Waals surface area contributed by atoms with Gasteiger partial charge in [0, 0.05) is 17.9 Å². The number of nitrogens with one attached hydrogen (secondary N) is 1. The number of carbonyl (C=O) groups excluding carboxylic acids is 1. The number of hydrogen-bond donors (Lipinski definition) is 1. The molecule has 1 N–H and O–H groups in total. The molecule has 0 aliphatic carbocycles. The van der Waals surface area contributed by atoms with E-state index in [0.29, 0.717) is 10.2 Å². The monoisotopic (exact) mass is 348 g/mol. The number of hydrogen-bond acceptors (Lipinski definition) is 3. The summed E-state index contributed by atoms with van der Waals surface area (Å²) in [4.78, 5) is 10.8. The van der Waals surface area contributed by atoms with Gasteiger partial charge < -0.3 is 5.32 Å². The van der Waals surface area contributed by atoms with Crippen LogP contribution in [-0.4, -0.2) is 33.7 Å². The predicted octanol–water partition coefficient (Wildman–Crippen LogP) is 1.66. The van der Waals surface area contributed by atoms with Crippen LogP contribution in [0.4, 0.5) is 5.69 Å². The number of halogens is 1. The van der Waals surface area contributed by atoms with Gasteiger partial charge in [0.05, 0.1) is 18.5 Å². The molecule has 0 heterocycles. The Morgan fingerprint density at radius 2 is 2.05 bits per heavy atom. The second kappa shape index (κ2) is 6.38. The van der Waals surface area contributed by atoms with Crippen LogP contribution in [0.25, 0.3) is 0 Å². The van der Waals surface area contributed by atoms with E-state index in [1.54, 1.807) is 6.07 Å². The van der Waals surface area contributed by atoms with E-state index in [1.165, 1.54) is 11.2 Å². The molecule has 1 aromatic carbocycles. The SMILES string of the molecule is CC(=O)NCCN(c1ccc(C)cc1Br)S(C)(=O)=O. The van der Waals surface area contributed by atoms with Crippen LogP contribution in [0.5, 0.6) is 0 Å². The van der Waals surface area contributed by atoms with Crippen molar-refractivity contribution in [1.82, 2.24) is 5.32 Å². The first kappa shape index (κ1) is 16.0. The summed E-state index contributed by atoms with van der Waals surface area (Å²) in [7, 11) is -3.40. The number of anilines is 1. The number of carbonyl (C=O) groups is 1. The van der Waals surface area contributed by atoms with Crippen molar-refractivity contribution in [3.8, 4) is 0 Å². The number of sulfonamides is 1. The molecule has 1 rings (SSSR count). The molecule has 1 aromatic rings.